The van der Waals surface area contributed by atoms with E-state index < -0.39 is 14.7 Å². The second kappa shape index (κ2) is 6.28. The average molecular weight is 371 g/mol. The van der Waals surface area contributed by atoms with Crippen molar-refractivity contribution < 1.29 is 12.8 Å². The minimum atomic E-state index is -4.12. The van der Waals surface area contributed by atoms with Gasteiger partial charge in [0.05, 0.1) is 0 Å². The molecule has 5 nitrogen and oxygen atoms in total. The summed E-state index contributed by atoms with van der Waals surface area (Å²) in [6, 6.07) is 6.18. The SMILES string of the molecule is Cc1oc(N)c(S(=O)(=O)/C(C#N)=C/c2cc(Cl)cc(Cl)c2)c1C. The number of anilines is 1. The molecule has 2 rings (SSSR count). The first-order valence-electron chi connectivity index (χ1n) is 6.35. The Bertz CT molecular complexity index is 934. The molecule has 2 aromatic rings. The Morgan fingerprint density at radius 2 is 1.83 bits per heavy atom. The maximum absolute atomic E-state index is 12.7. The highest BCUT2D eigenvalue weighted by Crippen LogP contribution is 2.33. The Morgan fingerprint density at radius 3 is 2.26 bits per heavy atom. The van der Waals surface area contributed by atoms with Gasteiger partial charge in [-0.2, -0.15) is 5.26 Å². The van der Waals surface area contributed by atoms with E-state index in [1.807, 2.05) is 0 Å². The van der Waals surface area contributed by atoms with Crippen LogP contribution in [0.25, 0.3) is 6.08 Å². The quantitative estimate of drug-likeness (QED) is 0.819. The normalized spacial score (nSPS) is 12.2. The van der Waals surface area contributed by atoms with Gasteiger partial charge in [-0.25, -0.2) is 8.42 Å². The zero-order valence-corrected chi connectivity index (χ0v) is 14.6. The summed E-state index contributed by atoms with van der Waals surface area (Å²) in [5.41, 5.74) is 6.39. The highest BCUT2D eigenvalue weighted by molar-refractivity contribution is 7.96. The number of furan rings is 1. The van der Waals surface area contributed by atoms with E-state index in [2.05, 4.69) is 0 Å². The van der Waals surface area contributed by atoms with Gasteiger partial charge < -0.3 is 10.2 Å². The van der Waals surface area contributed by atoms with E-state index in [4.69, 9.17) is 33.4 Å². The van der Waals surface area contributed by atoms with Gasteiger partial charge in [-0.05, 0) is 43.7 Å². The Hall–Kier alpha value is -1.94. The summed E-state index contributed by atoms with van der Waals surface area (Å²) in [6.45, 7) is 3.16. The Kier molecular flexibility index (Phi) is 4.76. The van der Waals surface area contributed by atoms with Gasteiger partial charge in [-0.15, -0.1) is 0 Å². The van der Waals surface area contributed by atoms with Crippen molar-refractivity contribution in [3.8, 4) is 6.07 Å². The standard InChI is InChI=1S/C15H12Cl2N2O3S/c1-8-9(2)22-15(19)14(8)23(20,21)13(7-18)5-10-3-11(16)6-12(17)4-10/h3-6H,19H2,1-2H3/b13-5+. The highest BCUT2D eigenvalue weighted by atomic mass is 35.5. The maximum atomic E-state index is 12.7. The Labute approximate surface area is 143 Å². The topological polar surface area (TPSA) is 97.1 Å². The van der Waals surface area contributed by atoms with Crippen molar-refractivity contribution in [1.29, 1.82) is 5.26 Å². The third-order valence-corrected chi connectivity index (χ3v) is 5.48. The molecular weight excluding hydrogens is 359 g/mol. The van der Waals surface area contributed by atoms with Gasteiger partial charge in [-0.3, -0.25) is 0 Å². The molecule has 0 spiro atoms. The molecule has 23 heavy (non-hydrogen) atoms. The molecule has 8 heteroatoms. The van der Waals surface area contributed by atoms with Crippen LogP contribution in [-0.4, -0.2) is 8.42 Å². The summed E-state index contributed by atoms with van der Waals surface area (Å²) in [5, 5.41) is 9.93. The van der Waals surface area contributed by atoms with Gasteiger partial charge in [0, 0.05) is 15.6 Å². The number of nitrogens with zero attached hydrogens (tertiary/aromatic N) is 1. The fourth-order valence-electron chi connectivity index (χ4n) is 2.06. The van der Waals surface area contributed by atoms with Crippen LogP contribution < -0.4 is 5.73 Å². The van der Waals surface area contributed by atoms with E-state index in [-0.39, 0.29) is 10.8 Å². The number of nitriles is 1. The number of sulfone groups is 1. The molecule has 0 radical (unpaired) electrons. The number of allylic oxidation sites excluding steroid dienone is 1. The Balaban J connectivity index is 2.65. The first kappa shape index (κ1) is 17.4. The lowest BCUT2D eigenvalue weighted by molar-refractivity contribution is 0.546. The van der Waals surface area contributed by atoms with Gasteiger partial charge in [0.1, 0.15) is 21.6 Å². The van der Waals surface area contributed by atoms with Crippen molar-refractivity contribution >= 4 is 45.0 Å². The van der Waals surface area contributed by atoms with Crippen molar-refractivity contribution in [2.75, 3.05) is 5.73 Å². The van der Waals surface area contributed by atoms with Crippen LogP contribution >= 0.6 is 23.2 Å². The van der Waals surface area contributed by atoms with Crippen LogP contribution in [0.2, 0.25) is 10.0 Å². The molecular formula is C15H12Cl2N2O3S. The fraction of sp³-hybridized carbons (Fsp3) is 0.133. The summed E-state index contributed by atoms with van der Waals surface area (Å²) in [4.78, 5) is -0.678. The molecule has 0 aliphatic rings. The molecule has 0 atom stereocenters. The van der Waals surface area contributed by atoms with Gasteiger partial charge in [-0.1, -0.05) is 23.2 Å². The van der Waals surface area contributed by atoms with Gasteiger partial charge in [0.15, 0.2) is 0 Å². The number of hydrogen-bond donors (Lipinski definition) is 1. The lowest BCUT2D eigenvalue weighted by Gasteiger charge is -2.04. The number of rotatable bonds is 3. The van der Waals surface area contributed by atoms with Crippen molar-refractivity contribution in [2.24, 2.45) is 0 Å². The molecule has 1 heterocycles. The zero-order chi connectivity index (χ0) is 17.4. The van der Waals surface area contributed by atoms with Crippen molar-refractivity contribution in [3.63, 3.8) is 0 Å². The predicted molar refractivity (Wildman–Crippen MR) is 89.8 cm³/mol. The van der Waals surface area contributed by atoms with Crippen LogP contribution in [-0.2, 0) is 9.84 Å². The fourth-order valence-corrected chi connectivity index (χ4v) is 4.08. The van der Waals surface area contributed by atoms with Crippen molar-refractivity contribution in [2.45, 2.75) is 18.7 Å². The molecule has 0 saturated heterocycles. The van der Waals surface area contributed by atoms with Crippen LogP contribution in [0.5, 0.6) is 0 Å². The minimum Gasteiger partial charge on any atom is -0.445 e. The van der Waals surface area contributed by atoms with Gasteiger partial charge in [0.2, 0.25) is 15.7 Å². The monoisotopic (exact) mass is 370 g/mol. The van der Waals surface area contributed by atoms with Crippen LogP contribution in [0.15, 0.2) is 32.4 Å². The van der Waals surface area contributed by atoms with E-state index in [1.165, 1.54) is 24.3 Å². The summed E-state index contributed by atoms with van der Waals surface area (Å²) in [5.74, 6) is 0.134. The molecule has 1 aromatic carbocycles. The molecule has 0 fully saturated rings. The first-order valence-corrected chi connectivity index (χ1v) is 8.59. The second-order valence-electron chi connectivity index (χ2n) is 4.80. The van der Waals surface area contributed by atoms with Crippen LogP contribution in [0.4, 0.5) is 5.88 Å². The predicted octanol–water partition coefficient (Wildman–Crippen LogP) is 4.12. The smallest absolute Gasteiger partial charge is 0.222 e. The molecule has 0 aliphatic heterocycles. The third kappa shape index (κ3) is 3.37. The molecule has 0 unspecified atom stereocenters. The van der Waals surface area contributed by atoms with E-state index in [0.29, 0.717) is 26.9 Å². The van der Waals surface area contributed by atoms with E-state index in [0.717, 1.165) is 0 Å². The van der Waals surface area contributed by atoms with Gasteiger partial charge in [0.25, 0.3) is 0 Å². The number of hydrogen-bond acceptors (Lipinski definition) is 5. The number of halogens is 2. The van der Waals surface area contributed by atoms with E-state index >= 15 is 0 Å². The largest absolute Gasteiger partial charge is 0.445 e. The number of nitrogens with two attached hydrogens (primary N) is 1. The zero-order valence-electron chi connectivity index (χ0n) is 12.2. The van der Waals surface area contributed by atoms with Crippen molar-refractivity contribution in [3.05, 3.63) is 50.0 Å². The third-order valence-electron chi connectivity index (χ3n) is 3.21. The summed E-state index contributed by atoms with van der Waals surface area (Å²) < 4.78 is 30.5. The van der Waals surface area contributed by atoms with Crippen LogP contribution in [0.1, 0.15) is 16.9 Å². The molecule has 0 aliphatic carbocycles. The molecule has 120 valence electrons. The van der Waals surface area contributed by atoms with Crippen LogP contribution in [0.3, 0.4) is 0 Å². The average Bonchev–Trinajstić information content (AvgIpc) is 2.68. The minimum absolute atomic E-state index is 0.198. The molecule has 2 N–H and O–H groups in total. The Morgan fingerprint density at radius 1 is 1.26 bits per heavy atom. The number of nitrogen functional groups attached to an aromatic ring is 1. The molecule has 0 bridgehead atoms. The summed E-state index contributed by atoms with van der Waals surface area (Å²) >= 11 is 11.8. The van der Waals surface area contributed by atoms with Crippen LogP contribution in [0, 0.1) is 25.2 Å². The highest BCUT2D eigenvalue weighted by Gasteiger charge is 2.29. The molecule has 0 saturated carbocycles. The second-order valence-corrected chi connectivity index (χ2v) is 7.53. The number of benzene rings is 1. The first-order chi connectivity index (χ1) is 10.7. The number of aryl methyl sites for hydroxylation is 1. The van der Waals surface area contributed by atoms with E-state index in [1.54, 1.807) is 19.9 Å². The van der Waals surface area contributed by atoms with E-state index in [9.17, 15) is 13.7 Å². The lowest BCUT2D eigenvalue weighted by atomic mass is 10.2. The molecule has 0 amide bonds. The summed E-state index contributed by atoms with van der Waals surface area (Å²) in [7, 11) is -4.12. The van der Waals surface area contributed by atoms with Gasteiger partial charge >= 0.3 is 0 Å². The lowest BCUT2D eigenvalue weighted by Crippen LogP contribution is -2.06. The van der Waals surface area contributed by atoms with Crippen molar-refractivity contribution in [1.82, 2.24) is 0 Å². The maximum Gasteiger partial charge on any atom is 0.222 e. The molecule has 1 aromatic heterocycles. The summed E-state index contributed by atoms with van der Waals surface area (Å²) in [6.07, 6.45) is 1.19.